The lowest BCUT2D eigenvalue weighted by molar-refractivity contribution is 0.473. The van der Waals surface area contributed by atoms with Crippen molar-refractivity contribution in [1.29, 1.82) is 0 Å². The van der Waals surface area contributed by atoms with Gasteiger partial charge in [0.1, 0.15) is 0 Å². The van der Waals surface area contributed by atoms with Crippen LogP contribution in [0, 0.1) is 0 Å². The Labute approximate surface area is 124 Å². The van der Waals surface area contributed by atoms with Gasteiger partial charge in [-0.15, -0.1) is 0 Å². The van der Waals surface area contributed by atoms with E-state index in [1.165, 1.54) is 25.7 Å². The summed E-state index contributed by atoms with van der Waals surface area (Å²) in [6.07, 6.45) is 10.9. The average molecular weight is 287 g/mol. The normalized spacial score (nSPS) is 22.9. The van der Waals surface area contributed by atoms with Crippen LogP contribution in [-0.4, -0.2) is 22.5 Å². The zero-order chi connectivity index (χ0) is 13.9. The van der Waals surface area contributed by atoms with Gasteiger partial charge in [-0.1, -0.05) is 6.07 Å². The molecule has 1 aliphatic carbocycles. The van der Waals surface area contributed by atoms with Crippen molar-refractivity contribution in [1.82, 2.24) is 4.98 Å². The quantitative estimate of drug-likeness (QED) is 0.841. The Morgan fingerprint density at radius 1 is 1.20 bits per heavy atom. The monoisotopic (exact) mass is 287 g/mol. The lowest BCUT2D eigenvalue weighted by atomic mass is 9.94. The highest BCUT2D eigenvalue weighted by molar-refractivity contribution is 7.99. The van der Waals surface area contributed by atoms with E-state index in [-0.39, 0.29) is 0 Å². The molecule has 4 heteroatoms. The Morgan fingerprint density at radius 2 is 2.00 bits per heavy atom. The van der Waals surface area contributed by atoms with Gasteiger partial charge in [0.2, 0.25) is 0 Å². The smallest absolute Gasteiger partial charge is 0.0630 e. The number of pyridine rings is 1. The number of hydrogen-bond acceptors (Lipinski definition) is 4. The molecule has 0 spiro atoms. The van der Waals surface area contributed by atoms with Crippen LogP contribution in [0.5, 0.6) is 0 Å². The fourth-order valence-corrected chi connectivity index (χ4v) is 3.72. The minimum absolute atomic E-state index is 0.556. The second-order valence-electron chi connectivity index (χ2n) is 5.48. The van der Waals surface area contributed by atoms with Gasteiger partial charge < -0.3 is 11.1 Å². The van der Waals surface area contributed by atoms with E-state index in [0.717, 1.165) is 27.4 Å². The van der Waals surface area contributed by atoms with Crippen LogP contribution in [0.1, 0.15) is 25.7 Å². The molecule has 0 radical (unpaired) electrons. The molecule has 0 bridgehead atoms. The Morgan fingerprint density at radius 3 is 2.75 bits per heavy atom. The van der Waals surface area contributed by atoms with Crippen molar-refractivity contribution in [3.63, 3.8) is 0 Å². The largest absolute Gasteiger partial charge is 0.397 e. The molecule has 0 amide bonds. The van der Waals surface area contributed by atoms with E-state index in [2.05, 4.69) is 28.7 Å². The zero-order valence-electron chi connectivity index (χ0n) is 11.8. The molecule has 0 unspecified atom stereocenters. The molecule has 1 heterocycles. The van der Waals surface area contributed by atoms with Crippen molar-refractivity contribution in [3.05, 3.63) is 30.6 Å². The fourth-order valence-electron chi connectivity index (χ4n) is 2.98. The fraction of sp³-hybridized carbons (Fsp3) is 0.438. The molecule has 1 aromatic carbocycles. The maximum absolute atomic E-state index is 6.30. The molecule has 2 aromatic rings. The van der Waals surface area contributed by atoms with Gasteiger partial charge in [-0.25, -0.2) is 0 Å². The van der Waals surface area contributed by atoms with Crippen LogP contribution < -0.4 is 11.1 Å². The third-order valence-corrected chi connectivity index (χ3v) is 5.37. The number of benzene rings is 1. The summed E-state index contributed by atoms with van der Waals surface area (Å²) in [4.78, 5) is 4.14. The molecule has 3 N–H and O–H groups in total. The second kappa shape index (κ2) is 5.92. The molecule has 1 aliphatic rings. The lowest BCUT2D eigenvalue weighted by Gasteiger charge is -2.29. The van der Waals surface area contributed by atoms with Gasteiger partial charge in [0.25, 0.3) is 0 Å². The van der Waals surface area contributed by atoms with Gasteiger partial charge in [-0.05, 0) is 44.1 Å². The number of nitrogen functional groups attached to an aromatic ring is 1. The summed E-state index contributed by atoms with van der Waals surface area (Å²) in [6.45, 7) is 0. The van der Waals surface area contributed by atoms with Crippen molar-refractivity contribution in [2.45, 2.75) is 37.0 Å². The maximum atomic E-state index is 6.30. The molecular formula is C16H21N3S. The standard InChI is InChI=1S/C16H21N3S/c1-20-13-5-3-12(4-6-13)19-15-7-2-11-10-18-9-8-14(11)16(15)17/h2,7-10,12-13,19H,3-6,17H2,1H3. The van der Waals surface area contributed by atoms with Crippen LogP contribution in [-0.2, 0) is 0 Å². The van der Waals surface area contributed by atoms with Gasteiger partial charge in [0.15, 0.2) is 0 Å². The molecule has 3 nitrogen and oxygen atoms in total. The molecule has 0 saturated heterocycles. The topological polar surface area (TPSA) is 50.9 Å². The Balaban J connectivity index is 1.76. The number of anilines is 2. The van der Waals surface area contributed by atoms with Crippen LogP contribution in [0.4, 0.5) is 11.4 Å². The summed E-state index contributed by atoms with van der Waals surface area (Å²) in [5, 5.41) is 6.66. The number of thioether (sulfide) groups is 1. The lowest BCUT2D eigenvalue weighted by Crippen LogP contribution is -2.27. The number of nitrogens with zero attached hydrogens (tertiary/aromatic N) is 1. The van der Waals surface area contributed by atoms with Crippen LogP contribution >= 0.6 is 11.8 Å². The first-order chi connectivity index (χ1) is 9.78. The molecule has 106 valence electrons. The third kappa shape index (κ3) is 2.70. The van der Waals surface area contributed by atoms with E-state index in [1.807, 2.05) is 24.0 Å². The highest BCUT2D eigenvalue weighted by Crippen LogP contribution is 2.32. The maximum Gasteiger partial charge on any atom is 0.0630 e. The average Bonchev–Trinajstić information content (AvgIpc) is 2.51. The molecule has 0 aliphatic heterocycles. The van der Waals surface area contributed by atoms with Crippen molar-refractivity contribution in [2.24, 2.45) is 0 Å². The minimum atomic E-state index is 0.556. The molecule has 20 heavy (non-hydrogen) atoms. The van der Waals surface area contributed by atoms with E-state index in [9.17, 15) is 0 Å². The SMILES string of the molecule is CSC1CCC(Nc2ccc3cnccc3c2N)CC1. The molecule has 1 aromatic heterocycles. The molecular weight excluding hydrogens is 266 g/mol. The Hall–Kier alpha value is -1.42. The number of nitrogens with one attached hydrogen (secondary N) is 1. The van der Waals surface area contributed by atoms with Gasteiger partial charge >= 0.3 is 0 Å². The summed E-state index contributed by atoms with van der Waals surface area (Å²) in [5.41, 5.74) is 8.21. The van der Waals surface area contributed by atoms with E-state index in [0.29, 0.717) is 6.04 Å². The first-order valence-electron chi connectivity index (χ1n) is 7.19. The zero-order valence-corrected chi connectivity index (χ0v) is 12.6. The second-order valence-corrected chi connectivity index (χ2v) is 6.62. The number of rotatable bonds is 3. The van der Waals surface area contributed by atoms with E-state index in [4.69, 9.17) is 5.73 Å². The van der Waals surface area contributed by atoms with Crippen LogP contribution in [0.2, 0.25) is 0 Å². The van der Waals surface area contributed by atoms with Gasteiger partial charge in [0.05, 0.1) is 11.4 Å². The minimum Gasteiger partial charge on any atom is -0.397 e. The van der Waals surface area contributed by atoms with Crippen LogP contribution in [0.15, 0.2) is 30.6 Å². The van der Waals surface area contributed by atoms with E-state index >= 15 is 0 Å². The van der Waals surface area contributed by atoms with Crippen molar-refractivity contribution in [2.75, 3.05) is 17.3 Å². The van der Waals surface area contributed by atoms with Gasteiger partial charge in [0, 0.05) is 34.5 Å². The molecule has 1 fully saturated rings. The predicted octanol–water partition coefficient (Wildman–Crippen LogP) is 3.90. The summed E-state index contributed by atoms with van der Waals surface area (Å²) in [5.74, 6) is 0. The van der Waals surface area contributed by atoms with Gasteiger partial charge in [-0.2, -0.15) is 11.8 Å². The molecule has 3 rings (SSSR count). The highest BCUT2D eigenvalue weighted by atomic mass is 32.2. The van der Waals surface area contributed by atoms with Crippen molar-refractivity contribution in [3.8, 4) is 0 Å². The number of hydrogen-bond donors (Lipinski definition) is 2. The van der Waals surface area contributed by atoms with E-state index < -0.39 is 0 Å². The first-order valence-corrected chi connectivity index (χ1v) is 8.48. The van der Waals surface area contributed by atoms with Crippen LogP contribution in [0.25, 0.3) is 10.8 Å². The number of aromatic nitrogens is 1. The summed E-state index contributed by atoms with van der Waals surface area (Å²) < 4.78 is 0. The predicted molar refractivity (Wildman–Crippen MR) is 89.3 cm³/mol. The molecule has 0 atom stereocenters. The van der Waals surface area contributed by atoms with Crippen molar-refractivity contribution < 1.29 is 0 Å². The highest BCUT2D eigenvalue weighted by Gasteiger charge is 2.20. The molecule has 1 saturated carbocycles. The number of nitrogens with two attached hydrogens (primary N) is 1. The van der Waals surface area contributed by atoms with Crippen molar-refractivity contribution >= 4 is 33.9 Å². The summed E-state index contributed by atoms with van der Waals surface area (Å²) in [6, 6.07) is 6.72. The Bertz CT molecular complexity index is 591. The number of fused-ring (bicyclic) bond motifs is 1. The first kappa shape index (κ1) is 13.6. The summed E-state index contributed by atoms with van der Waals surface area (Å²) in [7, 11) is 0. The Kier molecular flexibility index (Phi) is 4.01. The van der Waals surface area contributed by atoms with Gasteiger partial charge in [-0.3, -0.25) is 4.98 Å². The third-order valence-electron chi connectivity index (χ3n) is 4.23. The van der Waals surface area contributed by atoms with E-state index in [1.54, 1.807) is 6.20 Å². The summed E-state index contributed by atoms with van der Waals surface area (Å²) >= 11 is 2.00. The van der Waals surface area contributed by atoms with Crippen LogP contribution in [0.3, 0.4) is 0 Å².